The third-order valence-electron chi connectivity index (χ3n) is 5.24. The molecule has 3 fully saturated rings. The standard InChI is InChI=1S/C16H28N2O2.ClH/c19-16(12-14-4-1-2-11-20-14)18-9-6-13(7-10-18)15-5-3-8-17-15;/h13-15,17H,1-12H2;1H. The number of carbonyl (C=O) groups excluding carboxylic acids is 1. The summed E-state index contributed by atoms with van der Waals surface area (Å²) in [6.45, 7) is 3.93. The minimum Gasteiger partial charge on any atom is -0.378 e. The van der Waals surface area contributed by atoms with Crippen LogP contribution in [0.1, 0.15) is 51.4 Å². The third kappa shape index (κ3) is 4.57. The van der Waals surface area contributed by atoms with Gasteiger partial charge in [-0.3, -0.25) is 4.79 Å². The van der Waals surface area contributed by atoms with Gasteiger partial charge in [0.05, 0.1) is 12.5 Å². The first-order chi connectivity index (χ1) is 9.83. The summed E-state index contributed by atoms with van der Waals surface area (Å²) in [5, 5.41) is 3.61. The van der Waals surface area contributed by atoms with Crippen LogP contribution >= 0.6 is 12.4 Å². The number of ether oxygens (including phenoxy) is 1. The van der Waals surface area contributed by atoms with E-state index in [9.17, 15) is 4.79 Å². The second-order valence-electron chi connectivity index (χ2n) is 6.61. The summed E-state index contributed by atoms with van der Waals surface area (Å²) < 4.78 is 5.68. The van der Waals surface area contributed by atoms with Gasteiger partial charge in [-0.05, 0) is 57.4 Å². The zero-order chi connectivity index (χ0) is 13.8. The van der Waals surface area contributed by atoms with Gasteiger partial charge in [-0.15, -0.1) is 12.4 Å². The fourth-order valence-corrected chi connectivity index (χ4v) is 3.96. The van der Waals surface area contributed by atoms with E-state index in [-0.39, 0.29) is 18.5 Å². The van der Waals surface area contributed by atoms with E-state index in [0.717, 1.165) is 38.5 Å². The highest BCUT2D eigenvalue weighted by atomic mass is 35.5. The van der Waals surface area contributed by atoms with Crippen molar-refractivity contribution in [3.05, 3.63) is 0 Å². The Morgan fingerprint density at radius 1 is 1.10 bits per heavy atom. The summed E-state index contributed by atoms with van der Waals surface area (Å²) in [6, 6.07) is 0.717. The molecule has 3 aliphatic rings. The molecule has 0 bridgehead atoms. The average molecular weight is 317 g/mol. The second-order valence-corrected chi connectivity index (χ2v) is 6.61. The summed E-state index contributed by atoms with van der Waals surface area (Å²) in [5.41, 5.74) is 0. The van der Waals surface area contributed by atoms with Crippen LogP contribution in [-0.2, 0) is 9.53 Å². The Labute approximate surface area is 134 Å². The van der Waals surface area contributed by atoms with Crippen LogP contribution < -0.4 is 5.32 Å². The number of hydrogen-bond acceptors (Lipinski definition) is 3. The zero-order valence-electron chi connectivity index (χ0n) is 12.9. The molecule has 3 rings (SSSR count). The molecule has 3 heterocycles. The molecule has 2 atom stereocenters. The Balaban J connectivity index is 0.00000161. The predicted octanol–water partition coefficient (Wildman–Crippen LogP) is 2.36. The minimum atomic E-state index is 0. The molecular formula is C16H29ClN2O2. The molecular weight excluding hydrogens is 288 g/mol. The van der Waals surface area contributed by atoms with Gasteiger partial charge in [0.15, 0.2) is 0 Å². The normalized spacial score (nSPS) is 31.0. The van der Waals surface area contributed by atoms with Crippen molar-refractivity contribution in [1.82, 2.24) is 10.2 Å². The van der Waals surface area contributed by atoms with Gasteiger partial charge in [0.25, 0.3) is 0 Å². The molecule has 0 aromatic carbocycles. The van der Waals surface area contributed by atoms with E-state index in [0.29, 0.717) is 18.4 Å². The van der Waals surface area contributed by atoms with E-state index in [4.69, 9.17) is 4.74 Å². The molecule has 0 aliphatic carbocycles. The van der Waals surface area contributed by atoms with E-state index in [1.54, 1.807) is 0 Å². The van der Waals surface area contributed by atoms with Crippen LogP contribution in [-0.4, -0.2) is 49.2 Å². The molecule has 122 valence electrons. The third-order valence-corrected chi connectivity index (χ3v) is 5.24. The monoisotopic (exact) mass is 316 g/mol. The molecule has 4 nitrogen and oxygen atoms in total. The molecule has 2 unspecified atom stereocenters. The predicted molar refractivity (Wildman–Crippen MR) is 85.8 cm³/mol. The van der Waals surface area contributed by atoms with E-state index in [1.165, 1.54) is 38.6 Å². The maximum absolute atomic E-state index is 12.3. The van der Waals surface area contributed by atoms with Gasteiger partial charge >= 0.3 is 0 Å². The highest BCUT2D eigenvalue weighted by Gasteiger charge is 2.30. The Morgan fingerprint density at radius 3 is 2.52 bits per heavy atom. The van der Waals surface area contributed by atoms with Crippen LogP contribution in [0.15, 0.2) is 0 Å². The number of nitrogens with zero attached hydrogens (tertiary/aromatic N) is 1. The zero-order valence-corrected chi connectivity index (χ0v) is 13.7. The molecule has 3 aliphatic heterocycles. The number of rotatable bonds is 3. The Bertz CT molecular complexity index is 320. The summed E-state index contributed by atoms with van der Waals surface area (Å²) in [7, 11) is 0. The summed E-state index contributed by atoms with van der Waals surface area (Å²) in [6.07, 6.45) is 9.23. The number of likely N-dealkylation sites (tertiary alicyclic amines) is 1. The van der Waals surface area contributed by atoms with Crippen molar-refractivity contribution in [1.29, 1.82) is 0 Å². The Morgan fingerprint density at radius 2 is 1.90 bits per heavy atom. The van der Waals surface area contributed by atoms with E-state index in [2.05, 4.69) is 10.2 Å². The number of nitrogens with one attached hydrogen (secondary N) is 1. The average Bonchev–Trinajstić information content (AvgIpc) is 3.03. The van der Waals surface area contributed by atoms with Crippen LogP contribution in [0.25, 0.3) is 0 Å². The van der Waals surface area contributed by atoms with Crippen molar-refractivity contribution in [2.75, 3.05) is 26.2 Å². The van der Waals surface area contributed by atoms with Crippen molar-refractivity contribution in [3.8, 4) is 0 Å². The van der Waals surface area contributed by atoms with Crippen LogP contribution in [0.4, 0.5) is 0 Å². The number of halogens is 1. The smallest absolute Gasteiger partial charge is 0.225 e. The Hall–Kier alpha value is -0.320. The van der Waals surface area contributed by atoms with Crippen LogP contribution in [0.5, 0.6) is 0 Å². The fraction of sp³-hybridized carbons (Fsp3) is 0.938. The lowest BCUT2D eigenvalue weighted by atomic mass is 9.88. The molecule has 5 heteroatoms. The molecule has 1 amide bonds. The summed E-state index contributed by atoms with van der Waals surface area (Å²) in [5.74, 6) is 1.10. The largest absolute Gasteiger partial charge is 0.378 e. The highest BCUT2D eigenvalue weighted by molar-refractivity contribution is 5.85. The van der Waals surface area contributed by atoms with E-state index < -0.39 is 0 Å². The molecule has 0 saturated carbocycles. The summed E-state index contributed by atoms with van der Waals surface area (Å²) >= 11 is 0. The van der Waals surface area contributed by atoms with Crippen molar-refractivity contribution in [2.45, 2.75) is 63.5 Å². The topological polar surface area (TPSA) is 41.6 Å². The second kappa shape index (κ2) is 8.35. The highest BCUT2D eigenvalue weighted by Crippen LogP contribution is 2.26. The maximum atomic E-state index is 12.3. The first-order valence-corrected chi connectivity index (χ1v) is 8.45. The lowest BCUT2D eigenvalue weighted by Gasteiger charge is -2.35. The molecule has 3 saturated heterocycles. The SMILES string of the molecule is Cl.O=C(CC1CCCCO1)N1CCC(C2CCCN2)CC1. The van der Waals surface area contributed by atoms with Crippen molar-refractivity contribution < 1.29 is 9.53 Å². The van der Waals surface area contributed by atoms with Crippen molar-refractivity contribution in [3.63, 3.8) is 0 Å². The van der Waals surface area contributed by atoms with E-state index >= 15 is 0 Å². The molecule has 1 N–H and O–H groups in total. The van der Waals surface area contributed by atoms with Crippen LogP contribution in [0, 0.1) is 5.92 Å². The van der Waals surface area contributed by atoms with Crippen molar-refractivity contribution in [2.24, 2.45) is 5.92 Å². The maximum Gasteiger partial charge on any atom is 0.225 e. The number of piperidine rings is 1. The molecule has 0 aromatic heterocycles. The number of carbonyl (C=O) groups is 1. The van der Waals surface area contributed by atoms with Gasteiger partial charge in [0, 0.05) is 25.7 Å². The lowest BCUT2D eigenvalue weighted by molar-refractivity contribution is -0.136. The molecule has 0 aromatic rings. The molecule has 21 heavy (non-hydrogen) atoms. The quantitative estimate of drug-likeness (QED) is 0.869. The van der Waals surface area contributed by atoms with Crippen molar-refractivity contribution >= 4 is 18.3 Å². The van der Waals surface area contributed by atoms with Gasteiger partial charge < -0.3 is 15.0 Å². The van der Waals surface area contributed by atoms with Gasteiger partial charge in [0.1, 0.15) is 0 Å². The van der Waals surface area contributed by atoms with Gasteiger partial charge in [0.2, 0.25) is 5.91 Å². The first kappa shape index (κ1) is 17.0. The van der Waals surface area contributed by atoms with Gasteiger partial charge in [-0.2, -0.15) is 0 Å². The molecule has 0 spiro atoms. The number of amides is 1. The lowest BCUT2D eigenvalue weighted by Crippen LogP contribution is -2.44. The summed E-state index contributed by atoms with van der Waals surface area (Å²) in [4.78, 5) is 14.4. The molecule has 0 radical (unpaired) electrons. The number of hydrogen-bond donors (Lipinski definition) is 1. The van der Waals surface area contributed by atoms with E-state index in [1.807, 2.05) is 0 Å². The van der Waals surface area contributed by atoms with Crippen LogP contribution in [0.2, 0.25) is 0 Å². The van der Waals surface area contributed by atoms with Gasteiger partial charge in [-0.1, -0.05) is 0 Å². The first-order valence-electron chi connectivity index (χ1n) is 8.45. The Kier molecular flexibility index (Phi) is 6.77. The van der Waals surface area contributed by atoms with Crippen LogP contribution in [0.3, 0.4) is 0 Å². The van der Waals surface area contributed by atoms with Gasteiger partial charge in [-0.25, -0.2) is 0 Å². The fourth-order valence-electron chi connectivity index (χ4n) is 3.96. The minimum absolute atomic E-state index is 0.